The minimum atomic E-state index is -0.483. The Balaban J connectivity index is 1.87. The van der Waals surface area contributed by atoms with Gasteiger partial charge in [-0.3, -0.25) is 9.59 Å². The fourth-order valence-electron chi connectivity index (χ4n) is 3.00. The van der Waals surface area contributed by atoms with E-state index in [0.29, 0.717) is 16.8 Å². The highest BCUT2D eigenvalue weighted by atomic mass is 16.1. The number of anilines is 2. The van der Waals surface area contributed by atoms with E-state index in [0.717, 1.165) is 22.2 Å². The fourth-order valence-corrected chi connectivity index (χ4v) is 3.00. The van der Waals surface area contributed by atoms with Crippen LogP contribution in [-0.2, 0) is 0 Å². The average molecular weight is 356 g/mol. The van der Waals surface area contributed by atoms with Crippen LogP contribution >= 0.6 is 0 Å². The number of benzene rings is 2. The Hall–Kier alpha value is -3.93. The van der Waals surface area contributed by atoms with Gasteiger partial charge in [0.25, 0.3) is 5.56 Å². The summed E-state index contributed by atoms with van der Waals surface area (Å²) in [6.45, 7) is 0. The molecule has 132 valence electrons. The second-order valence-electron chi connectivity index (χ2n) is 6.05. The van der Waals surface area contributed by atoms with Crippen LogP contribution in [0.3, 0.4) is 0 Å². The molecule has 6 heteroatoms. The first-order valence-corrected chi connectivity index (χ1v) is 8.36. The number of nitrogens with one attached hydrogen (secondary N) is 2. The zero-order valence-electron chi connectivity index (χ0n) is 14.3. The molecule has 6 nitrogen and oxygen atoms in total. The molecule has 2 aromatic carbocycles. The largest absolute Gasteiger partial charge is 0.366 e. The van der Waals surface area contributed by atoms with Crippen molar-refractivity contribution in [2.45, 2.75) is 0 Å². The average Bonchev–Trinajstić information content (AvgIpc) is 2.69. The number of carbonyl (C=O) groups is 1. The van der Waals surface area contributed by atoms with Gasteiger partial charge in [-0.05, 0) is 35.9 Å². The first kappa shape index (κ1) is 16.5. The second-order valence-corrected chi connectivity index (χ2v) is 6.05. The summed E-state index contributed by atoms with van der Waals surface area (Å²) in [5.41, 5.74) is 7.98. The van der Waals surface area contributed by atoms with Gasteiger partial charge in [0, 0.05) is 34.6 Å². The topological polar surface area (TPSA) is 101 Å². The first-order valence-electron chi connectivity index (χ1n) is 8.36. The highest BCUT2D eigenvalue weighted by Gasteiger charge is 2.13. The number of carbonyl (C=O) groups excluding carboxylic acids is 1. The first-order chi connectivity index (χ1) is 13.1. The molecule has 27 heavy (non-hydrogen) atoms. The predicted molar refractivity (Wildman–Crippen MR) is 106 cm³/mol. The summed E-state index contributed by atoms with van der Waals surface area (Å²) in [4.78, 5) is 31.0. The standard InChI is InChI=1S/C21H16N4O2/c22-19(26)14-8-6-13(7-9-14)17-12-24-20(25-15-4-2-1-3-5-15)18-16(17)10-11-23-21(18)27/h1-12H,(H2,22,26)(H,23,27)(H,24,25). The predicted octanol–water partition coefficient (Wildman–Crippen LogP) is 3.43. The molecule has 0 unspecified atom stereocenters. The van der Waals surface area contributed by atoms with Gasteiger partial charge in [-0.15, -0.1) is 0 Å². The van der Waals surface area contributed by atoms with Gasteiger partial charge >= 0.3 is 0 Å². The van der Waals surface area contributed by atoms with Crippen LogP contribution in [0.1, 0.15) is 10.4 Å². The number of aromatic nitrogens is 2. The zero-order chi connectivity index (χ0) is 18.8. The maximum absolute atomic E-state index is 12.5. The maximum atomic E-state index is 12.5. The highest BCUT2D eigenvalue weighted by molar-refractivity contribution is 6.02. The molecule has 2 heterocycles. The van der Waals surface area contributed by atoms with Crippen molar-refractivity contribution in [3.8, 4) is 11.1 Å². The molecule has 0 saturated carbocycles. The molecule has 0 aliphatic carbocycles. The van der Waals surface area contributed by atoms with Crippen molar-refractivity contribution in [3.63, 3.8) is 0 Å². The van der Waals surface area contributed by atoms with Crippen LogP contribution in [0, 0.1) is 0 Å². The van der Waals surface area contributed by atoms with Gasteiger partial charge in [-0.1, -0.05) is 30.3 Å². The van der Waals surface area contributed by atoms with Crippen molar-refractivity contribution in [2.24, 2.45) is 5.73 Å². The Bertz CT molecular complexity index is 1180. The van der Waals surface area contributed by atoms with Gasteiger partial charge in [-0.25, -0.2) is 4.98 Å². The van der Waals surface area contributed by atoms with Crippen molar-refractivity contribution in [2.75, 3.05) is 5.32 Å². The van der Waals surface area contributed by atoms with Gasteiger partial charge in [0.15, 0.2) is 0 Å². The van der Waals surface area contributed by atoms with E-state index < -0.39 is 5.91 Å². The maximum Gasteiger partial charge on any atom is 0.259 e. The molecular formula is C21H16N4O2. The van der Waals surface area contributed by atoms with Crippen LogP contribution in [0.25, 0.3) is 21.9 Å². The van der Waals surface area contributed by atoms with Crippen molar-refractivity contribution < 1.29 is 4.79 Å². The van der Waals surface area contributed by atoms with E-state index in [1.165, 1.54) is 0 Å². The van der Waals surface area contributed by atoms with Crippen molar-refractivity contribution >= 4 is 28.2 Å². The number of pyridine rings is 2. The number of hydrogen-bond acceptors (Lipinski definition) is 4. The Morgan fingerprint density at radius 3 is 2.44 bits per heavy atom. The summed E-state index contributed by atoms with van der Waals surface area (Å²) < 4.78 is 0. The molecule has 0 bridgehead atoms. The molecule has 0 saturated heterocycles. The number of H-pyrrole nitrogens is 1. The number of aromatic amines is 1. The minimum Gasteiger partial charge on any atom is -0.366 e. The van der Waals surface area contributed by atoms with Crippen LogP contribution in [-0.4, -0.2) is 15.9 Å². The Morgan fingerprint density at radius 2 is 1.74 bits per heavy atom. The lowest BCUT2D eigenvalue weighted by atomic mass is 10.0. The van der Waals surface area contributed by atoms with Gasteiger partial charge in [0.2, 0.25) is 5.91 Å². The van der Waals surface area contributed by atoms with Crippen molar-refractivity contribution in [1.29, 1.82) is 0 Å². The molecule has 4 aromatic rings. The summed E-state index contributed by atoms with van der Waals surface area (Å²) >= 11 is 0. The van der Waals surface area contributed by atoms with Crippen LogP contribution in [0.5, 0.6) is 0 Å². The fraction of sp³-hybridized carbons (Fsp3) is 0. The van der Waals surface area contributed by atoms with E-state index in [4.69, 9.17) is 5.73 Å². The molecule has 4 N–H and O–H groups in total. The van der Waals surface area contributed by atoms with Gasteiger partial charge in [-0.2, -0.15) is 0 Å². The van der Waals surface area contributed by atoms with Crippen LogP contribution in [0.15, 0.2) is 77.9 Å². The molecule has 0 aliphatic rings. The zero-order valence-corrected chi connectivity index (χ0v) is 14.3. The Labute approximate surface area is 154 Å². The van der Waals surface area contributed by atoms with E-state index in [1.807, 2.05) is 36.4 Å². The van der Waals surface area contributed by atoms with Crippen LogP contribution in [0.2, 0.25) is 0 Å². The van der Waals surface area contributed by atoms with E-state index >= 15 is 0 Å². The lowest BCUT2D eigenvalue weighted by Gasteiger charge is -2.12. The summed E-state index contributed by atoms with van der Waals surface area (Å²) in [5.74, 6) is -0.000979. The number of hydrogen-bond donors (Lipinski definition) is 3. The normalized spacial score (nSPS) is 10.7. The summed E-state index contributed by atoms with van der Waals surface area (Å²) in [6, 6.07) is 18.3. The molecular weight excluding hydrogens is 340 g/mol. The van der Waals surface area contributed by atoms with Gasteiger partial charge in [0.1, 0.15) is 5.82 Å². The van der Waals surface area contributed by atoms with Crippen LogP contribution < -0.4 is 16.6 Å². The van der Waals surface area contributed by atoms with Crippen molar-refractivity contribution in [3.05, 3.63) is 89.0 Å². The molecule has 0 aliphatic heterocycles. The number of primary amides is 1. The SMILES string of the molecule is NC(=O)c1ccc(-c2cnc(Nc3ccccc3)c3c(=O)[nH]ccc23)cc1. The van der Waals surface area contributed by atoms with Gasteiger partial charge < -0.3 is 16.0 Å². The second kappa shape index (κ2) is 6.76. The molecule has 2 aromatic heterocycles. The minimum absolute atomic E-state index is 0.228. The number of nitrogens with zero attached hydrogens (tertiary/aromatic N) is 1. The van der Waals surface area contributed by atoms with E-state index in [-0.39, 0.29) is 5.56 Å². The monoisotopic (exact) mass is 356 g/mol. The van der Waals surface area contributed by atoms with E-state index in [9.17, 15) is 9.59 Å². The molecule has 0 spiro atoms. The number of fused-ring (bicyclic) bond motifs is 1. The third-order valence-corrected chi connectivity index (χ3v) is 4.33. The highest BCUT2D eigenvalue weighted by Crippen LogP contribution is 2.30. The number of amides is 1. The lowest BCUT2D eigenvalue weighted by Crippen LogP contribution is -2.10. The van der Waals surface area contributed by atoms with E-state index in [1.54, 1.807) is 36.7 Å². The van der Waals surface area contributed by atoms with Crippen molar-refractivity contribution in [1.82, 2.24) is 9.97 Å². The molecule has 0 radical (unpaired) electrons. The third-order valence-electron chi connectivity index (χ3n) is 4.33. The Kier molecular flexibility index (Phi) is 4.14. The summed E-state index contributed by atoms with van der Waals surface area (Å²) in [6.07, 6.45) is 3.32. The van der Waals surface area contributed by atoms with E-state index in [2.05, 4.69) is 15.3 Å². The molecule has 1 amide bonds. The molecule has 0 atom stereocenters. The number of rotatable bonds is 4. The quantitative estimate of drug-likeness (QED) is 0.521. The third kappa shape index (κ3) is 3.16. The molecule has 4 rings (SSSR count). The Morgan fingerprint density at radius 1 is 1.00 bits per heavy atom. The lowest BCUT2D eigenvalue weighted by molar-refractivity contribution is 0.100. The van der Waals surface area contributed by atoms with Crippen LogP contribution in [0.4, 0.5) is 11.5 Å². The summed E-state index contributed by atoms with van der Waals surface area (Å²) in [7, 11) is 0. The number of para-hydroxylation sites is 1. The smallest absolute Gasteiger partial charge is 0.259 e. The number of nitrogens with two attached hydrogens (primary N) is 1. The summed E-state index contributed by atoms with van der Waals surface area (Å²) in [5, 5.41) is 4.43. The molecule has 0 fully saturated rings. The van der Waals surface area contributed by atoms with Gasteiger partial charge in [0.05, 0.1) is 5.39 Å².